The lowest BCUT2D eigenvalue weighted by Gasteiger charge is -2.40. The van der Waals surface area contributed by atoms with Crippen molar-refractivity contribution >= 4 is 23.7 Å². The predicted molar refractivity (Wildman–Crippen MR) is 123 cm³/mol. The number of esters is 1. The van der Waals surface area contributed by atoms with Crippen LogP contribution < -0.4 is 14.4 Å². The molecule has 0 bridgehead atoms. The molecule has 0 aromatic heterocycles. The number of fused-ring (bicyclic) bond motifs is 1. The maximum absolute atomic E-state index is 13.2. The summed E-state index contributed by atoms with van der Waals surface area (Å²) in [4.78, 5) is 40.8. The summed E-state index contributed by atoms with van der Waals surface area (Å²) in [6, 6.07) is 12.5. The number of cyclic esters (lactones) is 1. The van der Waals surface area contributed by atoms with Crippen LogP contribution in [0.3, 0.4) is 0 Å². The predicted octanol–water partition coefficient (Wildman–Crippen LogP) is 3.40. The van der Waals surface area contributed by atoms with Crippen molar-refractivity contribution in [2.45, 2.75) is 38.5 Å². The molecule has 9 heteroatoms. The molecule has 0 saturated carbocycles. The monoisotopic (exact) mass is 468 g/mol. The van der Waals surface area contributed by atoms with Crippen molar-refractivity contribution in [3.63, 3.8) is 0 Å². The van der Waals surface area contributed by atoms with E-state index >= 15 is 0 Å². The van der Waals surface area contributed by atoms with E-state index in [-0.39, 0.29) is 24.6 Å². The van der Waals surface area contributed by atoms with Crippen molar-refractivity contribution in [3.8, 4) is 11.5 Å². The second kappa shape index (κ2) is 10.0. The highest BCUT2D eigenvalue weighted by Gasteiger charge is 2.35. The molecular formula is C25H28N2O7. The van der Waals surface area contributed by atoms with Gasteiger partial charge in [-0.25, -0.2) is 9.59 Å². The zero-order valence-electron chi connectivity index (χ0n) is 19.5. The number of hydrogen-bond acceptors (Lipinski definition) is 7. The van der Waals surface area contributed by atoms with Gasteiger partial charge in [-0.05, 0) is 38.0 Å². The first-order chi connectivity index (χ1) is 16.4. The zero-order valence-corrected chi connectivity index (χ0v) is 19.5. The molecule has 2 aliphatic heterocycles. The lowest BCUT2D eigenvalue weighted by atomic mass is 10.00. The van der Waals surface area contributed by atoms with E-state index in [1.807, 2.05) is 24.3 Å². The van der Waals surface area contributed by atoms with E-state index in [0.29, 0.717) is 43.0 Å². The summed E-state index contributed by atoms with van der Waals surface area (Å²) < 4.78 is 21.0. The Labute approximate surface area is 198 Å². The van der Waals surface area contributed by atoms with E-state index in [1.165, 1.54) is 14.2 Å². The van der Waals surface area contributed by atoms with Crippen LogP contribution in [-0.2, 0) is 20.9 Å². The average molecular weight is 469 g/mol. The quantitative estimate of drug-likeness (QED) is 0.600. The van der Waals surface area contributed by atoms with Gasteiger partial charge >= 0.3 is 12.1 Å². The van der Waals surface area contributed by atoms with Gasteiger partial charge in [0.05, 0.1) is 25.5 Å². The van der Waals surface area contributed by atoms with Crippen molar-refractivity contribution in [1.82, 2.24) is 4.90 Å². The van der Waals surface area contributed by atoms with Crippen molar-refractivity contribution in [2.75, 3.05) is 32.2 Å². The molecule has 1 unspecified atom stereocenters. The van der Waals surface area contributed by atoms with E-state index in [4.69, 9.17) is 14.2 Å². The molecule has 2 aromatic carbocycles. The summed E-state index contributed by atoms with van der Waals surface area (Å²) in [6.45, 7) is 2.85. The molecule has 9 nitrogen and oxygen atoms in total. The van der Waals surface area contributed by atoms with Gasteiger partial charge in [-0.1, -0.05) is 18.2 Å². The largest absolute Gasteiger partial charge is 0.496 e. The summed E-state index contributed by atoms with van der Waals surface area (Å²) in [5.41, 5.74) is 2.26. The number of carbonyl (C=O) groups excluding carboxylic acids is 3. The Morgan fingerprint density at radius 1 is 1.09 bits per heavy atom. The number of piperidine rings is 1. The minimum atomic E-state index is -0.790. The molecule has 2 heterocycles. The van der Waals surface area contributed by atoms with Gasteiger partial charge in [0.1, 0.15) is 18.1 Å². The fourth-order valence-corrected chi connectivity index (χ4v) is 4.36. The van der Waals surface area contributed by atoms with Crippen LogP contribution in [0.25, 0.3) is 0 Å². The number of amides is 2. The van der Waals surface area contributed by atoms with E-state index in [2.05, 4.69) is 4.74 Å². The number of hydrogen-bond donors (Lipinski definition) is 0. The minimum absolute atomic E-state index is 0.0459. The second-order valence-electron chi connectivity index (χ2n) is 8.22. The first-order valence-corrected chi connectivity index (χ1v) is 11.2. The third-order valence-corrected chi connectivity index (χ3v) is 6.17. The summed E-state index contributed by atoms with van der Waals surface area (Å²) in [6.07, 6.45) is 0.133. The summed E-state index contributed by atoms with van der Waals surface area (Å²) in [7, 11) is 2.77. The third kappa shape index (κ3) is 4.64. The van der Waals surface area contributed by atoms with Gasteiger partial charge < -0.3 is 23.8 Å². The number of para-hydroxylation sites is 1. The average Bonchev–Trinajstić information content (AvgIpc) is 2.87. The fraction of sp³-hybridized carbons (Fsp3) is 0.400. The Morgan fingerprint density at radius 2 is 1.82 bits per heavy atom. The molecule has 0 radical (unpaired) electrons. The Bertz CT molecular complexity index is 1080. The number of benzene rings is 2. The molecule has 1 atom stereocenters. The third-order valence-electron chi connectivity index (χ3n) is 6.17. The van der Waals surface area contributed by atoms with Crippen LogP contribution in [0.15, 0.2) is 42.5 Å². The van der Waals surface area contributed by atoms with Crippen LogP contribution in [-0.4, -0.2) is 62.3 Å². The first-order valence-electron chi connectivity index (χ1n) is 11.2. The van der Waals surface area contributed by atoms with E-state index in [0.717, 1.165) is 11.3 Å². The van der Waals surface area contributed by atoms with Crippen LogP contribution in [0.4, 0.5) is 10.5 Å². The van der Waals surface area contributed by atoms with E-state index < -0.39 is 12.1 Å². The molecule has 0 N–H and O–H groups in total. The molecule has 2 amide bonds. The van der Waals surface area contributed by atoms with Gasteiger partial charge in [0, 0.05) is 30.8 Å². The number of methoxy groups -OCH3 is 2. The van der Waals surface area contributed by atoms with Gasteiger partial charge in [0.15, 0.2) is 6.10 Å². The highest BCUT2D eigenvalue weighted by atomic mass is 16.6. The minimum Gasteiger partial charge on any atom is -0.496 e. The van der Waals surface area contributed by atoms with Gasteiger partial charge in [-0.3, -0.25) is 9.69 Å². The summed E-state index contributed by atoms with van der Waals surface area (Å²) in [5.74, 6) is 0.0918. The highest BCUT2D eigenvalue weighted by Crippen LogP contribution is 2.33. The van der Waals surface area contributed by atoms with E-state index in [9.17, 15) is 14.4 Å². The SMILES string of the molecule is COC(=O)C(C)Oc1ccc(C(=O)N2CCC(N3C(=O)OCc4ccccc43)CC2)c(OC)c1. The van der Waals surface area contributed by atoms with Gasteiger partial charge in [-0.15, -0.1) is 0 Å². The molecule has 2 aromatic rings. The maximum atomic E-state index is 13.2. The number of likely N-dealkylation sites (tertiary alicyclic amines) is 1. The maximum Gasteiger partial charge on any atom is 0.414 e. The second-order valence-corrected chi connectivity index (χ2v) is 8.22. The lowest BCUT2D eigenvalue weighted by molar-refractivity contribution is -0.147. The first kappa shape index (κ1) is 23.4. The van der Waals surface area contributed by atoms with Crippen molar-refractivity contribution in [2.24, 2.45) is 0 Å². The molecule has 0 aliphatic carbocycles. The number of anilines is 1. The van der Waals surface area contributed by atoms with Gasteiger partial charge in [0.25, 0.3) is 5.91 Å². The molecule has 1 fully saturated rings. The standard InChI is InChI=1S/C25H28N2O7/c1-16(24(29)32-3)34-19-8-9-20(22(14-19)31-2)23(28)26-12-10-18(11-13-26)27-21-7-5-4-6-17(21)15-33-25(27)30/h4-9,14,16,18H,10-13,15H2,1-3H3. The zero-order chi connectivity index (χ0) is 24.2. The van der Waals surface area contributed by atoms with Crippen LogP contribution in [0.1, 0.15) is 35.7 Å². The van der Waals surface area contributed by atoms with Crippen LogP contribution in [0.5, 0.6) is 11.5 Å². The molecule has 1 saturated heterocycles. The smallest absolute Gasteiger partial charge is 0.414 e. The topological polar surface area (TPSA) is 94.6 Å². The highest BCUT2D eigenvalue weighted by molar-refractivity contribution is 5.97. The normalized spacial score (nSPS) is 16.9. The van der Waals surface area contributed by atoms with Crippen molar-refractivity contribution in [1.29, 1.82) is 0 Å². The molecule has 2 aliphatic rings. The van der Waals surface area contributed by atoms with Gasteiger partial charge in [-0.2, -0.15) is 0 Å². The fourth-order valence-electron chi connectivity index (χ4n) is 4.36. The van der Waals surface area contributed by atoms with Crippen LogP contribution >= 0.6 is 0 Å². The van der Waals surface area contributed by atoms with Crippen molar-refractivity contribution < 1.29 is 33.3 Å². The number of ether oxygens (including phenoxy) is 4. The molecule has 180 valence electrons. The Balaban J connectivity index is 1.43. The van der Waals surface area contributed by atoms with Gasteiger partial charge in [0.2, 0.25) is 0 Å². The summed E-state index contributed by atoms with van der Waals surface area (Å²) in [5, 5.41) is 0. The number of rotatable bonds is 6. The summed E-state index contributed by atoms with van der Waals surface area (Å²) >= 11 is 0. The van der Waals surface area contributed by atoms with E-state index in [1.54, 1.807) is 34.9 Å². The lowest BCUT2D eigenvalue weighted by Crippen LogP contribution is -2.50. The Morgan fingerprint density at radius 3 is 2.53 bits per heavy atom. The number of carbonyl (C=O) groups is 3. The van der Waals surface area contributed by atoms with Crippen LogP contribution in [0, 0.1) is 0 Å². The molecule has 4 rings (SSSR count). The molecule has 0 spiro atoms. The van der Waals surface area contributed by atoms with Crippen molar-refractivity contribution in [3.05, 3.63) is 53.6 Å². The Kier molecular flexibility index (Phi) is 6.90. The number of nitrogens with zero attached hydrogens (tertiary/aromatic N) is 2. The Hall–Kier alpha value is -3.75. The molecule has 34 heavy (non-hydrogen) atoms. The van der Waals surface area contributed by atoms with Crippen LogP contribution in [0.2, 0.25) is 0 Å². The molecular weight excluding hydrogens is 440 g/mol.